The van der Waals surface area contributed by atoms with E-state index in [-0.39, 0.29) is 23.5 Å². The standard InChI is InChI=1S/C23H19N5O3/c24-20-12-11-17(13-21(20)28(30)31)23(29)25-14-18-15-27(19-9-5-2-6-10-19)26-22(18)16-7-3-1-4-8-16/h1-13,15H,14,24H2,(H,25,29). The summed E-state index contributed by atoms with van der Waals surface area (Å²) in [5.74, 6) is -0.436. The maximum atomic E-state index is 12.6. The van der Waals surface area contributed by atoms with Crippen LogP contribution in [0.1, 0.15) is 15.9 Å². The third kappa shape index (κ3) is 4.27. The summed E-state index contributed by atoms with van der Waals surface area (Å²) in [5.41, 5.74) is 8.86. The number of nitrogens with one attached hydrogen (secondary N) is 1. The molecule has 3 aromatic carbocycles. The average molecular weight is 413 g/mol. The van der Waals surface area contributed by atoms with Crippen molar-refractivity contribution in [3.63, 3.8) is 0 Å². The maximum Gasteiger partial charge on any atom is 0.292 e. The van der Waals surface area contributed by atoms with Crippen LogP contribution in [0.4, 0.5) is 11.4 Å². The Kier molecular flexibility index (Phi) is 5.44. The van der Waals surface area contributed by atoms with Gasteiger partial charge in [-0.05, 0) is 24.3 Å². The molecule has 0 aliphatic heterocycles. The van der Waals surface area contributed by atoms with Crippen molar-refractivity contribution in [1.29, 1.82) is 0 Å². The summed E-state index contributed by atoms with van der Waals surface area (Å²) in [6.07, 6.45) is 1.86. The van der Waals surface area contributed by atoms with E-state index in [4.69, 9.17) is 10.8 Å². The van der Waals surface area contributed by atoms with Crippen molar-refractivity contribution >= 4 is 17.3 Å². The molecule has 0 aliphatic rings. The molecule has 4 aromatic rings. The average Bonchev–Trinajstić information content (AvgIpc) is 3.23. The van der Waals surface area contributed by atoms with E-state index < -0.39 is 10.8 Å². The van der Waals surface area contributed by atoms with Crippen molar-refractivity contribution in [2.24, 2.45) is 0 Å². The van der Waals surface area contributed by atoms with Gasteiger partial charge in [0.2, 0.25) is 0 Å². The Balaban J connectivity index is 1.62. The fourth-order valence-electron chi connectivity index (χ4n) is 3.21. The quantitative estimate of drug-likeness (QED) is 0.282. The molecular formula is C23H19N5O3. The number of aromatic nitrogens is 2. The van der Waals surface area contributed by atoms with Crippen LogP contribution in [0.25, 0.3) is 16.9 Å². The molecule has 0 unspecified atom stereocenters. The van der Waals surface area contributed by atoms with Crippen LogP contribution in [0.3, 0.4) is 0 Å². The van der Waals surface area contributed by atoms with Crippen LogP contribution in [-0.4, -0.2) is 20.6 Å². The van der Waals surface area contributed by atoms with E-state index in [0.29, 0.717) is 0 Å². The lowest BCUT2D eigenvalue weighted by Crippen LogP contribution is -2.23. The van der Waals surface area contributed by atoms with Gasteiger partial charge in [0.05, 0.1) is 16.3 Å². The second-order valence-corrected chi connectivity index (χ2v) is 6.86. The second-order valence-electron chi connectivity index (χ2n) is 6.86. The van der Waals surface area contributed by atoms with Crippen molar-refractivity contribution in [2.75, 3.05) is 5.73 Å². The molecule has 0 radical (unpaired) electrons. The van der Waals surface area contributed by atoms with E-state index in [9.17, 15) is 14.9 Å². The second kappa shape index (κ2) is 8.50. The molecule has 31 heavy (non-hydrogen) atoms. The fourth-order valence-corrected chi connectivity index (χ4v) is 3.21. The molecule has 0 fully saturated rings. The van der Waals surface area contributed by atoms with Gasteiger partial charge in [-0.2, -0.15) is 5.10 Å². The molecule has 3 N–H and O–H groups in total. The van der Waals surface area contributed by atoms with Crippen molar-refractivity contribution in [3.8, 4) is 16.9 Å². The van der Waals surface area contributed by atoms with Gasteiger partial charge in [0.1, 0.15) is 5.69 Å². The highest BCUT2D eigenvalue weighted by atomic mass is 16.6. The van der Waals surface area contributed by atoms with Gasteiger partial charge in [-0.25, -0.2) is 4.68 Å². The largest absolute Gasteiger partial charge is 0.393 e. The molecule has 0 saturated heterocycles. The lowest BCUT2D eigenvalue weighted by atomic mass is 10.1. The topological polar surface area (TPSA) is 116 Å². The van der Waals surface area contributed by atoms with Crippen molar-refractivity contribution in [2.45, 2.75) is 6.54 Å². The molecule has 0 aliphatic carbocycles. The van der Waals surface area contributed by atoms with Gasteiger partial charge in [-0.15, -0.1) is 0 Å². The van der Waals surface area contributed by atoms with E-state index in [1.165, 1.54) is 18.2 Å². The van der Waals surface area contributed by atoms with Gasteiger partial charge in [0.25, 0.3) is 11.6 Å². The first-order valence-electron chi connectivity index (χ1n) is 9.54. The summed E-state index contributed by atoms with van der Waals surface area (Å²) < 4.78 is 1.76. The maximum absolute atomic E-state index is 12.6. The summed E-state index contributed by atoms with van der Waals surface area (Å²) >= 11 is 0. The lowest BCUT2D eigenvalue weighted by Gasteiger charge is -2.06. The number of rotatable bonds is 6. The Labute approximate surface area is 178 Å². The van der Waals surface area contributed by atoms with Crippen LogP contribution in [0.15, 0.2) is 85.1 Å². The Morgan fingerprint density at radius 2 is 1.71 bits per heavy atom. The zero-order chi connectivity index (χ0) is 21.8. The van der Waals surface area contributed by atoms with Gasteiger partial charge < -0.3 is 11.1 Å². The summed E-state index contributed by atoms with van der Waals surface area (Å²) in [6.45, 7) is 0.202. The van der Waals surface area contributed by atoms with Crippen molar-refractivity contribution in [3.05, 3.63) is 106 Å². The molecule has 1 aromatic heterocycles. The summed E-state index contributed by atoms with van der Waals surface area (Å²) in [7, 11) is 0. The normalized spacial score (nSPS) is 10.6. The minimum Gasteiger partial charge on any atom is -0.393 e. The van der Waals surface area contributed by atoms with Crippen molar-refractivity contribution < 1.29 is 9.72 Å². The summed E-state index contributed by atoms with van der Waals surface area (Å²) in [6, 6.07) is 23.3. The third-order valence-electron chi connectivity index (χ3n) is 4.79. The zero-order valence-electron chi connectivity index (χ0n) is 16.4. The fraction of sp³-hybridized carbons (Fsp3) is 0.0435. The minimum atomic E-state index is -0.608. The number of nitrogen functional groups attached to an aromatic ring is 1. The zero-order valence-corrected chi connectivity index (χ0v) is 16.4. The number of amides is 1. The number of nitro groups is 1. The molecule has 0 spiro atoms. The first kappa shape index (κ1) is 19.8. The van der Waals surface area contributed by atoms with E-state index in [1.807, 2.05) is 66.9 Å². The van der Waals surface area contributed by atoms with Gasteiger partial charge in [0.15, 0.2) is 0 Å². The van der Waals surface area contributed by atoms with Crippen molar-refractivity contribution in [1.82, 2.24) is 15.1 Å². The minimum absolute atomic E-state index is 0.0112. The number of nitrogens with two attached hydrogens (primary N) is 1. The number of para-hydroxylation sites is 1. The van der Waals surface area contributed by atoms with Crippen LogP contribution in [0.2, 0.25) is 0 Å². The number of hydrogen-bond acceptors (Lipinski definition) is 5. The Morgan fingerprint density at radius 1 is 1.03 bits per heavy atom. The van der Waals surface area contributed by atoms with Gasteiger partial charge in [-0.3, -0.25) is 14.9 Å². The Morgan fingerprint density at radius 3 is 2.39 bits per heavy atom. The molecule has 154 valence electrons. The van der Waals surface area contributed by atoms with Crippen LogP contribution >= 0.6 is 0 Å². The predicted molar refractivity (Wildman–Crippen MR) is 118 cm³/mol. The summed E-state index contributed by atoms with van der Waals surface area (Å²) in [4.78, 5) is 23.1. The molecule has 4 rings (SSSR count). The lowest BCUT2D eigenvalue weighted by molar-refractivity contribution is -0.383. The highest BCUT2D eigenvalue weighted by Crippen LogP contribution is 2.25. The van der Waals surface area contributed by atoms with Gasteiger partial charge in [-0.1, -0.05) is 48.5 Å². The molecule has 0 bridgehead atoms. The molecular weight excluding hydrogens is 394 g/mol. The number of hydrogen-bond donors (Lipinski definition) is 2. The highest BCUT2D eigenvalue weighted by molar-refractivity contribution is 5.95. The first-order chi connectivity index (χ1) is 15.0. The summed E-state index contributed by atoms with van der Waals surface area (Å²) in [5, 5.41) is 18.6. The number of carbonyl (C=O) groups excluding carboxylic acids is 1. The number of nitro benzene ring substituents is 1. The number of anilines is 1. The predicted octanol–water partition coefficient (Wildman–Crippen LogP) is 3.96. The van der Waals surface area contributed by atoms with Crippen LogP contribution in [0.5, 0.6) is 0 Å². The van der Waals surface area contributed by atoms with Gasteiger partial charge in [0, 0.05) is 35.5 Å². The molecule has 0 atom stereocenters. The number of benzene rings is 3. The monoisotopic (exact) mass is 413 g/mol. The van der Waals surface area contributed by atoms with E-state index in [0.717, 1.165) is 22.5 Å². The number of carbonyl (C=O) groups is 1. The molecule has 8 nitrogen and oxygen atoms in total. The highest BCUT2D eigenvalue weighted by Gasteiger charge is 2.17. The van der Waals surface area contributed by atoms with E-state index in [1.54, 1.807) is 4.68 Å². The molecule has 0 saturated carbocycles. The van der Waals surface area contributed by atoms with E-state index >= 15 is 0 Å². The van der Waals surface area contributed by atoms with Crippen LogP contribution < -0.4 is 11.1 Å². The Bertz CT molecular complexity index is 1240. The Hall–Kier alpha value is -4.46. The van der Waals surface area contributed by atoms with E-state index in [2.05, 4.69) is 5.32 Å². The number of nitrogens with zero attached hydrogens (tertiary/aromatic N) is 3. The van der Waals surface area contributed by atoms with Crippen LogP contribution in [0, 0.1) is 10.1 Å². The smallest absolute Gasteiger partial charge is 0.292 e. The third-order valence-corrected chi connectivity index (χ3v) is 4.79. The first-order valence-corrected chi connectivity index (χ1v) is 9.54. The molecule has 1 amide bonds. The molecule has 1 heterocycles. The SMILES string of the molecule is Nc1ccc(C(=O)NCc2cn(-c3ccccc3)nc2-c2ccccc2)cc1[N+](=O)[O-]. The molecule has 8 heteroatoms. The van der Waals surface area contributed by atoms with Crippen LogP contribution in [-0.2, 0) is 6.54 Å². The van der Waals surface area contributed by atoms with Gasteiger partial charge >= 0.3 is 0 Å².